The van der Waals surface area contributed by atoms with Gasteiger partial charge < -0.3 is 10.1 Å². The number of benzene rings is 2. The Morgan fingerprint density at radius 3 is 2.75 bits per heavy atom. The van der Waals surface area contributed by atoms with Gasteiger partial charge >= 0.3 is 5.97 Å². The minimum atomic E-state index is -0.393. The monoisotopic (exact) mass is 582 g/mol. The normalized spacial score (nSPS) is 12.4. The molecule has 0 bridgehead atoms. The summed E-state index contributed by atoms with van der Waals surface area (Å²) in [7, 11) is 1.37. The Kier molecular flexibility index (Phi) is 7.54. The van der Waals surface area contributed by atoms with Gasteiger partial charge in [-0.05, 0) is 49.1 Å². The number of esters is 1. The molecular weight excluding hydrogens is 560 g/mol. The van der Waals surface area contributed by atoms with Crippen LogP contribution < -0.4 is 5.32 Å². The highest BCUT2D eigenvalue weighted by atomic mass is 79.9. The number of methoxy groups -OCH3 is 1. The summed E-state index contributed by atoms with van der Waals surface area (Å²) in [4.78, 5) is 26.3. The van der Waals surface area contributed by atoms with Crippen LogP contribution in [0, 0.1) is 0 Å². The number of ether oxygens (including phenoxy) is 1. The third-order valence-corrected chi connectivity index (χ3v) is 8.49. The summed E-state index contributed by atoms with van der Waals surface area (Å²) in [6, 6.07) is 17.8. The summed E-state index contributed by atoms with van der Waals surface area (Å²) >= 11 is 6.48. The fourth-order valence-corrected chi connectivity index (χ4v) is 6.80. The van der Waals surface area contributed by atoms with Gasteiger partial charge in [0.15, 0.2) is 11.0 Å². The number of para-hydroxylation sites is 1. The van der Waals surface area contributed by atoms with E-state index in [0.717, 1.165) is 51.3 Å². The number of aryl methyl sites for hydroxylation is 1. The van der Waals surface area contributed by atoms with E-state index >= 15 is 0 Å². The number of thiophene rings is 1. The van der Waals surface area contributed by atoms with Crippen molar-refractivity contribution in [2.75, 3.05) is 18.2 Å². The molecule has 1 amide bonds. The van der Waals surface area contributed by atoms with Crippen molar-refractivity contribution >= 4 is 55.9 Å². The molecule has 184 valence electrons. The predicted octanol–water partition coefficient (Wildman–Crippen LogP) is 6.15. The molecule has 2 heterocycles. The predicted molar refractivity (Wildman–Crippen MR) is 146 cm³/mol. The second-order valence-electron chi connectivity index (χ2n) is 8.19. The van der Waals surface area contributed by atoms with E-state index in [2.05, 4.69) is 31.4 Å². The van der Waals surface area contributed by atoms with Crippen LogP contribution in [-0.4, -0.2) is 39.5 Å². The van der Waals surface area contributed by atoms with Crippen LogP contribution in [0.25, 0.3) is 17.1 Å². The number of nitrogens with one attached hydrogen (secondary N) is 1. The van der Waals surface area contributed by atoms with E-state index in [1.165, 1.54) is 30.2 Å². The van der Waals surface area contributed by atoms with E-state index < -0.39 is 5.97 Å². The molecule has 0 radical (unpaired) electrons. The minimum absolute atomic E-state index is 0.148. The Balaban J connectivity index is 1.31. The maximum atomic E-state index is 12.8. The number of carbonyl (C=O) groups is 2. The molecule has 1 aliphatic rings. The van der Waals surface area contributed by atoms with Crippen LogP contribution in [0.5, 0.6) is 0 Å². The van der Waals surface area contributed by atoms with E-state index in [1.54, 1.807) is 0 Å². The van der Waals surface area contributed by atoms with Gasteiger partial charge in [0.05, 0.1) is 12.7 Å². The zero-order chi connectivity index (χ0) is 25.1. The highest BCUT2D eigenvalue weighted by molar-refractivity contribution is 9.10. The fourth-order valence-electron chi connectivity index (χ4n) is 4.22. The number of anilines is 1. The average molecular weight is 584 g/mol. The van der Waals surface area contributed by atoms with E-state index in [-0.39, 0.29) is 12.3 Å². The molecule has 36 heavy (non-hydrogen) atoms. The number of thioether (sulfide) groups is 1. The van der Waals surface area contributed by atoms with E-state index in [9.17, 15) is 9.59 Å². The van der Waals surface area contributed by atoms with Crippen LogP contribution >= 0.6 is 39.0 Å². The standard InChI is InChI=1S/C26H23BrN4O3S2/c1-34-25(33)22-19-11-6-12-20(19)36-24(22)28-21(32)13-14-35-26-30-29-23(16-7-5-8-17(27)15-16)31(26)18-9-3-2-4-10-18/h2-5,7-10,15H,6,11-14H2,1H3,(H,28,32). The number of fused-ring (bicyclic) bond motifs is 1. The quantitative estimate of drug-likeness (QED) is 0.198. The summed E-state index contributed by atoms with van der Waals surface area (Å²) < 4.78 is 7.94. The average Bonchev–Trinajstić information content (AvgIpc) is 3.59. The van der Waals surface area contributed by atoms with Crippen molar-refractivity contribution in [3.8, 4) is 17.1 Å². The van der Waals surface area contributed by atoms with Crippen molar-refractivity contribution in [3.05, 3.63) is 75.1 Å². The maximum Gasteiger partial charge on any atom is 0.341 e. The number of amides is 1. The highest BCUT2D eigenvalue weighted by Gasteiger charge is 2.28. The Labute approximate surface area is 225 Å². The smallest absolute Gasteiger partial charge is 0.341 e. The number of hydrogen-bond acceptors (Lipinski definition) is 7. The van der Waals surface area contributed by atoms with Gasteiger partial charge in [-0.3, -0.25) is 9.36 Å². The molecule has 0 aliphatic heterocycles. The summed E-state index contributed by atoms with van der Waals surface area (Å²) in [5.41, 5.74) is 3.41. The summed E-state index contributed by atoms with van der Waals surface area (Å²) in [5, 5.41) is 13.1. The number of hydrogen-bond donors (Lipinski definition) is 1. The first-order valence-corrected chi connectivity index (χ1v) is 14.1. The molecule has 0 spiro atoms. The molecular formula is C26H23BrN4O3S2. The van der Waals surface area contributed by atoms with Crippen LogP contribution in [-0.2, 0) is 22.4 Å². The maximum absolute atomic E-state index is 12.8. The lowest BCUT2D eigenvalue weighted by Crippen LogP contribution is -2.15. The van der Waals surface area contributed by atoms with E-state index in [0.29, 0.717) is 21.5 Å². The summed E-state index contributed by atoms with van der Waals surface area (Å²) in [6.45, 7) is 0. The third-order valence-electron chi connectivity index (χ3n) is 5.85. The first-order chi connectivity index (χ1) is 17.5. The van der Waals surface area contributed by atoms with Gasteiger partial charge in [0, 0.05) is 32.8 Å². The first-order valence-electron chi connectivity index (χ1n) is 11.5. The lowest BCUT2D eigenvalue weighted by atomic mass is 10.1. The Hall–Kier alpha value is -2.95. The molecule has 1 aliphatic carbocycles. The second kappa shape index (κ2) is 11.0. The van der Waals surface area contributed by atoms with Crippen LogP contribution in [0.1, 0.15) is 33.6 Å². The largest absolute Gasteiger partial charge is 0.465 e. The molecule has 0 atom stereocenters. The SMILES string of the molecule is COC(=O)c1c(NC(=O)CCSc2nnc(-c3cccc(Br)c3)n2-c2ccccc2)sc2c1CCC2. The molecule has 7 nitrogen and oxygen atoms in total. The molecule has 2 aromatic heterocycles. The molecule has 0 unspecified atom stereocenters. The molecule has 0 fully saturated rings. The topological polar surface area (TPSA) is 86.1 Å². The Bertz CT molecular complexity index is 1420. The summed E-state index contributed by atoms with van der Waals surface area (Å²) in [5.74, 6) is 0.694. The Morgan fingerprint density at radius 1 is 1.14 bits per heavy atom. The zero-order valence-corrected chi connectivity index (χ0v) is 22.7. The second-order valence-corrected chi connectivity index (χ2v) is 11.3. The van der Waals surface area contributed by atoms with E-state index in [1.807, 2.05) is 59.2 Å². The van der Waals surface area contributed by atoms with Crippen LogP contribution in [0.4, 0.5) is 5.00 Å². The molecule has 10 heteroatoms. The highest BCUT2D eigenvalue weighted by Crippen LogP contribution is 2.39. The van der Waals surface area contributed by atoms with Gasteiger partial charge in [-0.15, -0.1) is 21.5 Å². The summed E-state index contributed by atoms with van der Waals surface area (Å²) in [6.07, 6.45) is 3.07. The molecule has 0 saturated heterocycles. The third kappa shape index (κ3) is 5.11. The molecule has 5 rings (SSSR count). The number of rotatable bonds is 8. The zero-order valence-electron chi connectivity index (χ0n) is 19.5. The lowest BCUT2D eigenvalue weighted by Gasteiger charge is -2.11. The van der Waals surface area contributed by atoms with E-state index in [4.69, 9.17) is 4.74 Å². The van der Waals surface area contributed by atoms with Crippen molar-refractivity contribution in [3.63, 3.8) is 0 Å². The molecule has 0 saturated carbocycles. The molecule has 4 aromatic rings. The van der Waals surface area contributed by atoms with Crippen LogP contribution in [0.2, 0.25) is 0 Å². The van der Waals surface area contributed by atoms with Gasteiger partial charge in [0.1, 0.15) is 5.00 Å². The van der Waals surface area contributed by atoms with Crippen molar-refractivity contribution in [1.29, 1.82) is 0 Å². The molecule has 1 N–H and O–H groups in total. The van der Waals surface area contributed by atoms with Crippen LogP contribution in [0.3, 0.4) is 0 Å². The van der Waals surface area contributed by atoms with Gasteiger partial charge in [-0.2, -0.15) is 0 Å². The number of nitrogens with zero attached hydrogens (tertiary/aromatic N) is 3. The van der Waals surface area contributed by atoms with Crippen molar-refractivity contribution in [2.24, 2.45) is 0 Å². The van der Waals surface area contributed by atoms with Crippen molar-refractivity contribution in [1.82, 2.24) is 14.8 Å². The number of aromatic nitrogens is 3. The Morgan fingerprint density at radius 2 is 1.97 bits per heavy atom. The fraction of sp³-hybridized carbons (Fsp3) is 0.231. The van der Waals surface area contributed by atoms with Crippen LogP contribution in [0.15, 0.2) is 64.2 Å². The first kappa shape index (κ1) is 24.7. The van der Waals surface area contributed by atoms with Crippen molar-refractivity contribution in [2.45, 2.75) is 30.8 Å². The lowest BCUT2D eigenvalue weighted by molar-refractivity contribution is -0.115. The molecule has 2 aromatic carbocycles. The van der Waals surface area contributed by atoms with Gasteiger partial charge in [-0.1, -0.05) is 58.0 Å². The number of halogens is 1. The van der Waals surface area contributed by atoms with Crippen molar-refractivity contribution < 1.29 is 14.3 Å². The minimum Gasteiger partial charge on any atom is -0.465 e. The van der Waals surface area contributed by atoms with Gasteiger partial charge in [-0.25, -0.2) is 4.79 Å². The van der Waals surface area contributed by atoms with Gasteiger partial charge in [0.25, 0.3) is 0 Å². The number of carbonyl (C=O) groups excluding carboxylic acids is 2. The van der Waals surface area contributed by atoms with Gasteiger partial charge in [0.2, 0.25) is 5.91 Å².